The molecule has 6 heteroatoms. The minimum absolute atomic E-state index is 0.293. The molecule has 3 fully saturated rings. The number of carbonyl (C=O) groups is 1. The standard InChI is InChI=1S/C13H19N3O2S/c1-3-18-13(17)11-9(2)19-12(14-11)10-8-15-4-6-16(10)7-5-15/h10H,3-8H2,1-2H3. The van der Waals surface area contributed by atoms with E-state index in [1.165, 1.54) is 0 Å². The quantitative estimate of drug-likeness (QED) is 0.782. The zero-order valence-electron chi connectivity index (χ0n) is 11.4. The Morgan fingerprint density at radius 1 is 1.42 bits per heavy atom. The van der Waals surface area contributed by atoms with Crippen LogP contribution in [0.15, 0.2) is 0 Å². The molecule has 1 atom stereocenters. The third-order valence-corrected chi connectivity index (χ3v) is 4.92. The van der Waals surface area contributed by atoms with E-state index in [0.29, 0.717) is 18.3 Å². The number of esters is 1. The highest BCUT2D eigenvalue weighted by Gasteiger charge is 2.35. The summed E-state index contributed by atoms with van der Waals surface area (Å²) in [7, 11) is 0. The van der Waals surface area contributed by atoms with Gasteiger partial charge in [0.15, 0.2) is 5.69 Å². The number of rotatable bonds is 3. The van der Waals surface area contributed by atoms with Gasteiger partial charge in [-0.3, -0.25) is 9.80 Å². The molecule has 3 aliphatic heterocycles. The summed E-state index contributed by atoms with van der Waals surface area (Å²) in [4.78, 5) is 22.3. The van der Waals surface area contributed by atoms with Gasteiger partial charge in [-0.05, 0) is 13.8 Å². The van der Waals surface area contributed by atoms with Crippen molar-refractivity contribution in [2.75, 3.05) is 39.3 Å². The van der Waals surface area contributed by atoms with Crippen LogP contribution in [0.5, 0.6) is 0 Å². The first-order chi connectivity index (χ1) is 9.19. The van der Waals surface area contributed by atoms with Gasteiger partial charge in [0.05, 0.1) is 12.6 Å². The van der Waals surface area contributed by atoms with Crippen LogP contribution in [0, 0.1) is 6.92 Å². The molecule has 1 unspecified atom stereocenters. The number of hydrogen-bond acceptors (Lipinski definition) is 6. The largest absolute Gasteiger partial charge is 0.461 e. The average molecular weight is 281 g/mol. The summed E-state index contributed by atoms with van der Waals surface area (Å²) in [5.41, 5.74) is 0.500. The SMILES string of the molecule is CCOC(=O)c1nc(C2CN3CCN2CC3)sc1C. The van der Waals surface area contributed by atoms with Crippen LogP contribution in [-0.4, -0.2) is 60.1 Å². The first kappa shape index (κ1) is 13.0. The molecule has 5 nitrogen and oxygen atoms in total. The summed E-state index contributed by atoms with van der Waals surface area (Å²) in [5, 5.41) is 1.06. The molecule has 0 aromatic carbocycles. The first-order valence-electron chi connectivity index (χ1n) is 6.80. The number of aryl methyl sites for hydroxylation is 1. The van der Waals surface area contributed by atoms with Crippen LogP contribution in [0.1, 0.15) is 33.3 Å². The van der Waals surface area contributed by atoms with Crippen molar-refractivity contribution < 1.29 is 9.53 Å². The Hall–Kier alpha value is -0.980. The Kier molecular flexibility index (Phi) is 3.56. The van der Waals surface area contributed by atoms with Gasteiger partial charge >= 0.3 is 5.97 Å². The van der Waals surface area contributed by atoms with Gasteiger partial charge < -0.3 is 4.74 Å². The molecule has 3 aliphatic rings. The number of thiazole rings is 1. The van der Waals surface area contributed by atoms with E-state index < -0.39 is 0 Å². The highest BCUT2D eigenvalue weighted by atomic mass is 32.1. The molecule has 19 heavy (non-hydrogen) atoms. The van der Waals surface area contributed by atoms with E-state index in [9.17, 15) is 4.79 Å². The van der Waals surface area contributed by atoms with Gasteiger partial charge in [-0.2, -0.15) is 0 Å². The number of hydrogen-bond donors (Lipinski definition) is 0. The Bertz CT molecular complexity index is 480. The van der Waals surface area contributed by atoms with Crippen LogP contribution in [0.3, 0.4) is 0 Å². The molecule has 4 heterocycles. The van der Waals surface area contributed by atoms with Gasteiger partial charge in [0, 0.05) is 37.6 Å². The monoisotopic (exact) mass is 281 g/mol. The number of aromatic nitrogens is 1. The Balaban J connectivity index is 1.82. The van der Waals surface area contributed by atoms with Crippen LogP contribution in [0.25, 0.3) is 0 Å². The van der Waals surface area contributed by atoms with Crippen LogP contribution in [0.4, 0.5) is 0 Å². The maximum absolute atomic E-state index is 11.8. The molecule has 0 saturated carbocycles. The lowest BCUT2D eigenvalue weighted by atomic mass is 10.1. The molecule has 1 aromatic heterocycles. The Morgan fingerprint density at radius 2 is 2.16 bits per heavy atom. The second-order valence-corrected chi connectivity index (χ2v) is 6.26. The van der Waals surface area contributed by atoms with Crippen molar-refractivity contribution in [1.29, 1.82) is 0 Å². The lowest BCUT2D eigenvalue weighted by Gasteiger charge is -2.46. The molecule has 3 saturated heterocycles. The highest BCUT2D eigenvalue weighted by Crippen LogP contribution is 2.32. The zero-order valence-corrected chi connectivity index (χ0v) is 12.2. The van der Waals surface area contributed by atoms with Gasteiger partial charge in [-0.25, -0.2) is 9.78 Å². The Morgan fingerprint density at radius 3 is 2.74 bits per heavy atom. The summed E-state index contributed by atoms with van der Waals surface area (Å²) in [6.45, 7) is 9.74. The van der Waals surface area contributed by atoms with E-state index in [1.807, 2.05) is 13.8 Å². The fourth-order valence-corrected chi connectivity index (χ4v) is 3.84. The summed E-state index contributed by atoms with van der Waals surface area (Å²) in [5.74, 6) is -0.293. The van der Waals surface area contributed by atoms with E-state index in [1.54, 1.807) is 11.3 Å². The molecule has 0 spiro atoms. The predicted molar refractivity (Wildman–Crippen MR) is 73.6 cm³/mol. The van der Waals surface area contributed by atoms with Crippen LogP contribution in [-0.2, 0) is 4.74 Å². The summed E-state index contributed by atoms with van der Waals surface area (Å²) in [6, 6.07) is 0.356. The molecule has 0 amide bonds. The fourth-order valence-electron chi connectivity index (χ4n) is 2.80. The molecule has 0 aliphatic carbocycles. The summed E-state index contributed by atoms with van der Waals surface area (Å²) < 4.78 is 5.05. The highest BCUT2D eigenvalue weighted by molar-refractivity contribution is 7.12. The van der Waals surface area contributed by atoms with Crippen molar-refractivity contribution in [3.8, 4) is 0 Å². The lowest BCUT2D eigenvalue weighted by molar-refractivity contribution is 0.0121. The van der Waals surface area contributed by atoms with E-state index in [4.69, 9.17) is 4.74 Å². The molecule has 4 rings (SSSR count). The van der Waals surface area contributed by atoms with Gasteiger partial charge in [0.2, 0.25) is 0 Å². The van der Waals surface area contributed by atoms with E-state index in [2.05, 4.69) is 14.8 Å². The maximum Gasteiger partial charge on any atom is 0.358 e. The van der Waals surface area contributed by atoms with Crippen LogP contribution >= 0.6 is 11.3 Å². The lowest BCUT2D eigenvalue weighted by Crippen LogP contribution is -2.56. The summed E-state index contributed by atoms with van der Waals surface area (Å²) >= 11 is 1.63. The number of carbonyl (C=O) groups excluding carboxylic acids is 1. The molecule has 0 radical (unpaired) electrons. The van der Waals surface area contributed by atoms with Crippen molar-refractivity contribution in [2.45, 2.75) is 19.9 Å². The minimum Gasteiger partial charge on any atom is -0.461 e. The van der Waals surface area contributed by atoms with Crippen molar-refractivity contribution in [3.63, 3.8) is 0 Å². The average Bonchev–Trinajstić information content (AvgIpc) is 2.82. The van der Waals surface area contributed by atoms with Gasteiger partial charge in [0.1, 0.15) is 5.01 Å². The minimum atomic E-state index is -0.293. The molecule has 1 aromatic rings. The number of nitrogens with zero attached hydrogens (tertiary/aromatic N) is 3. The van der Waals surface area contributed by atoms with E-state index in [-0.39, 0.29) is 5.97 Å². The molecule has 0 N–H and O–H groups in total. The van der Waals surface area contributed by atoms with Crippen LogP contribution in [0.2, 0.25) is 0 Å². The number of ether oxygens (including phenoxy) is 1. The fraction of sp³-hybridized carbons (Fsp3) is 0.692. The van der Waals surface area contributed by atoms with Gasteiger partial charge in [-0.15, -0.1) is 11.3 Å². The number of fused-ring (bicyclic) bond motifs is 3. The third kappa shape index (κ3) is 2.40. The predicted octanol–water partition coefficient (Wildman–Crippen LogP) is 1.30. The number of piperazine rings is 3. The second-order valence-electron chi connectivity index (χ2n) is 5.03. The van der Waals surface area contributed by atoms with E-state index in [0.717, 1.165) is 42.6 Å². The van der Waals surface area contributed by atoms with E-state index >= 15 is 0 Å². The molecular formula is C13H19N3O2S. The third-order valence-electron chi connectivity index (χ3n) is 3.85. The normalized spacial score (nSPS) is 29.5. The second kappa shape index (κ2) is 5.19. The topological polar surface area (TPSA) is 45.7 Å². The summed E-state index contributed by atoms with van der Waals surface area (Å²) in [6.07, 6.45) is 0. The molecular weight excluding hydrogens is 262 g/mol. The first-order valence-corrected chi connectivity index (χ1v) is 7.61. The van der Waals surface area contributed by atoms with Crippen molar-refractivity contribution in [2.24, 2.45) is 0 Å². The Labute approximate surface area is 117 Å². The van der Waals surface area contributed by atoms with Gasteiger partial charge in [0.25, 0.3) is 0 Å². The van der Waals surface area contributed by atoms with Gasteiger partial charge in [-0.1, -0.05) is 0 Å². The molecule has 2 bridgehead atoms. The molecule has 104 valence electrons. The zero-order chi connectivity index (χ0) is 13.4. The van der Waals surface area contributed by atoms with Crippen LogP contribution < -0.4 is 0 Å². The van der Waals surface area contributed by atoms with Crippen molar-refractivity contribution >= 4 is 17.3 Å². The maximum atomic E-state index is 11.8. The van der Waals surface area contributed by atoms with Crippen molar-refractivity contribution in [3.05, 3.63) is 15.6 Å². The van der Waals surface area contributed by atoms with Crippen molar-refractivity contribution in [1.82, 2.24) is 14.8 Å². The smallest absolute Gasteiger partial charge is 0.358 e.